The van der Waals surface area contributed by atoms with Crippen LogP contribution in [-0.4, -0.2) is 39.0 Å². The zero-order chi connectivity index (χ0) is 34.0. The van der Waals surface area contributed by atoms with Gasteiger partial charge in [0, 0.05) is 41.1 Å². The van der Waals surface area contributed by atoms with Crippen LogP contribution in [-0.2, 0) is 27.3 Å². The molecule has 0 aliphatic rings. The first-order valence-corrected chi connectivity index (χ1v) is 16.2. The number of rotatable bonds is 12. The SMILES string of the molecule is CC(C(Cc1ccc(C#Cc2ccccc2)cc1)c1ccc(Cl)cc1)N(Cc1ccc2ccccc2c1)C(=O)CC(CC(=O)O)C(=O)O. The number of carboxylic acids is 2. The van der Waals surface area contributed by atoms with Crippen LogP contribution in [0.5, 0.6) is 0 Å². The Bertz CT molecular complexity index is 1950. The van der Waals surface area contributed by atoms with Crippen molar-refractivity contribution in [2.75, 3.05) is 0 Å². The molecule has 3 atom stereocenters. The van der Waals surface area contributed by atoms with Gasteiger partial charge in [-0.25, -0.2) is 0 Å². The maximum atomic E-state index is 14.1. The number of fused-ring (bicyclic) bond motifs is 1. The minimum atomic E-state index is -1.35. The summed E-state index contributed by atoms with van der Waals surface area (Å²) in [5.74, 6) is 1.85. The van der Waals surface area contributed by atoms with Gasteiger partial charge in [-0.1, -0.05) is 102 Å². The van der Waals surface area contributed by atoms with Crippen LogP contribution in [0, 0.1) is 17.8 Å². The third-order valence-electron chi connectivity index (χ3n) is 8.59. The first-order valence-electron chi connectivity index (χ1n) is 15.8. The molecule has 0 saturated heterocycles. The largest absolute Gasteiger partial charge is 0.481 e. The van der Waals surface area contributed by atoms with Crippen LogP contribution in [0.3, 0.4) is 0 Å². The summed E-state index contributed by atoms with van der Waals surface area (Å²) >= 11 is 6.26. The van der Waals surface area contributed by atoms with Crippen LogP contribution in [0.25, 0.3) is 10.8 Å². The van der Waals surface area contributed by atoms with E-state index in [1.165, 1.54) is 0 Å². The van der Waals surface area contributed by atoms with Crippen LogP contribution >= 0.6 is 11.6 Å². The number of aliphatic carboxylic acids is 2. The Hall–Kier alpha value is -5.38. The molecule has 3 unspecified atom stereocenters. The fraction of sp³-hybridized carbons (Fsp3) is 0.195. The normalized spacial score (nSPS) is 12.7. The third kappa shape index (κ3) is 9.12. The minimum Gasteiger partial charge on any atom is -0.481 e. The molecule has 242 valence electrons. The highest BCUT2D eigenvalue weighted by Crippen LogP contribution is 2.31. The minimum absolute atomic E-state index is 0.198. The Morgan fingerprint density at radius 1 is 0.708 bits per heavy atom. The summed E-state index contributed by atoms with van der Waals surface area (Å²) in [6.07, 6.45) is -0.491. The molecule has 0 radical (unpaired) electrons. The number of carbonyl (C=O) groups is 3. The molecule has 48 heavy (non-hydrogen) atoms. The van der Waals surface area contributed by atoms with E-state index in [0.29, 0.717) is 11.4 Å². The Balaban J connectivity index is 1.48. The highest BCUT2D eigenvalue weighted by Gasteiger charge is 2.32. The van der Waals surface area contributed by atoms with Gasteiger partial charge in [0.05, 0.1) is 12.3 Å². The van der Waals surface area contributed by atoms with Gasteiger partial charge < -0.3 is 15.1 Å². The molecular weight excluding hydrogens is 622 g/mol. The zero-order valence-corrected chi connectivity index (χ0v) is 27.3. The number of carboxylic acid groups (broad SMARTS) is 2. The molecule has 0 bridgehead atoms. The average molecular weight is 658 g/mol. The van der Waals surface area contributed by atoms with Gasteiger partial charge in [-0.2, -0.15) is 0 Å². The molecule has 7 heteroatoms. The van der Waals surface area contributed by atoms with Crippen molar-refractivity contribution in [1.29, 1.82) is 0 Å². The van der Waals surface area contributed by atoms with Crippen molar-refractivity contribution in [2.45, 2.75) is 44.7 Å². The second-order valence-electron chi connectivity index (χ2n) is 12.0. The molecule has 0 aliphatic heterocycles. The topological polar surface area (TPSA) is 94.9 Å². The number of carbonyl (C=O) groups excluding carboxylic acids is 1. The predicted octanol–water partition coefficient (Wildman–Crippen LogP) is 8.20. The highest BCUT2D eigenvalue weighted by atomic mass is 35.5. The second kappa shape index (κ2) is 15.9. The molecule has 0 aromatic heterocycles. The molecule has 2 N–H and O–H groups in total. The van der Waals surface area contributed by atoms with E-state index in [9.17, 15) is 24.6 Å². The third-order valence-corrected chi connectivity index (χ3v) is 8.84. The lowest BCUT2D eigenvalue weighted by Gasteiger charge is -2.36. The summed E-state index contributed by atoms with van der Waals surface area (Å²) in [7, 11) is 0. The van der Waals surface area contributed by atoms with Crippen LogP contribution in [0.1, 0.15) is 53.5 Å². The molecule has 0 aliphatic carbocycles. The number of hydrogen-bond donors (Lipinski definition) is 2. The summed E-state index contributed by atoms with van der Waals surface area (Å²) in [6, 6.07) is 38.9. The molecular formula is C41H36ClNO5. The van der Waals surface area contributed by atoms with Crippen LogP contribution in [0.2, 0.25) is 5.02 Å². The fourth-order valence-electron chi connectivity index (χ4n) is 5.92. The zero-order valence-electron chi connectivity index (χ0n) is 26.6. The van der Waals surface area contributed by atoms with Gasteiger partial charge in [0.15, 0.2) is 0 Å². The lowest BCUT2D eigenvalue weighted by Crippen LogP contribution is -2.43. The predicted molar refractivity (Wildman–Crippen MR) is 189 cm³/mol. The quantitative estimate of drug-likeness (QED) is 0.132. The lowest BCUT2D eigenvalue weighted by atomic mass is 9.85. The summed E-state index contributed by atoms with van der Waals surface area (Å²) in [4.78, 5) is 39.2. The van der Waals surface area contributed by atoms with Crippen molar-refractivity contribution in [3.05, 3.63) is 154 Å². The summed E-state index contributed by atoms with van der Waals surface area (Å²) in [5, 5.41) is 21.8. The number of benzene rings is 5. The van der Waals surface area contributed by atoms with Gasteiger partial charge in [0.25, 0.3) is 0 Å². The Labute approximate surface area is 285 Å². The molecule has 0 fully saturated rings. The number of amides is 1. The maximum Gasteiger partial charge on any atom is 0.307 e. The fourth-order valence-corrected chi connectivity index (χ4v) is 6.04. The van der Waals surface area contributed by atoms with Crippen molar-refractivity contribution in [1.82, 2.24) is 4.90 Å². The van der Waals surface area contributed by atoms with Crippen LogP contribution in [0.4, 0.5) is 0 Å². The molecule has 0 heterocycles. The number of hydrogen-bond acceptors (Lipinski definition) is 3. The molecule has 0 saturated carbocycles. The van der Waals surface area contributed by atoms with E-state index in [1.54, 1.807) is 4.90 Å². The van der Waals surface area contributed by atoms with Crippen molar-refractivity contribution < 1.29 is 24.6 Å². The van der Waals surface area contributed by atoms with Gasteiger partial charge in [-0.3, -0.25) is 14.4 Å². The number of nitrogens with zero attached hydrogens (tertiary/aromatic N) is 1. The van der Waals surface area contributed by atoms with Crippen LogP contribution < -0.4 is 0 Å². The Kier molecular flexibility index (Phi) is 11.3. The molecule has 6 nitrogen and oxygen atoms in total. The smallest absolute Gasteiger partial charge is 0.307 e. The standard InChI is InChI=1S/C41H36ClNO5/c1-28(43(39(44)25-36(41(47)48)26-40(45)46)27-32-17-18-33-9-5-6-10-35(33)23-32)38(34-19-21-37(42)22-20-34)24-31-15-13-30(14-16-31)12-11-29-7-3-2-4-8-29/h2-10,13-23,28,36,38H,24-27H2,1H3,(H,45,46)(H,47,48). The van der Waals surface area contributed by atoms with E-state index in [1.807, 2.05) is 128 Å². The first kappa shape index (κ1) is 34.0. The monoisotopic (exact) mass is 657 g/mol. The van der Waals surface area contributed by atoms with E-state index in [4.69, 9.17) is 11.6 Å². The van der Waals surface area contributed by atoms with Crippen LogP contribution in [0.15, 0.2) is 121 Å². The van der Waals surface area contributed by atoms with E-state index in [0.717, 1.165) is 38.6 Å². The lowest BCUT2D eigenvalue weighted by molar-refractivity contribution is -0.151. The maximum absolute atomic E-state index is 14.1. The van der Waals surface area contributed by atoms with Gasteiger partial charge in [-0.15, -0.1) is 0 Å². The molecule has 5 aromatic carbocycles. The Morgan fingerprint density at radius 2 is 1.31 bits per heavy atom. The van der Waals surface area contributed by atoms with E-state index in [-0.39, 0.29) is 12.5 Å². The van der Waals surface area contributed by atoms with Crippen molar-refractivity contribution in [3.8, 4) is 11.8 Å². The van der Waals surface area contributed by atoms with Gasteiger partial charge in [-0.05, 0) is 83.3 Å². The molecule has 0 spiro atoms. The van der Waals surface area contributed by atoms with E-state index in [2.05, 4.69) is 11.8 Å². The molecule has 5 aromatic rings. The molecule has 1 amide bonds. The average Bonchev–Trinajstić information content (AvgIpc) is 3.09. The van der Waals surface area contributed by atoms with Crippen molar-refractivity contribution in [2.24, 2.45) is 5.92 Å². The number of halogens is 1. The summed E-state index contributed by atoms with van der Waals surface area (Å²) < 4.78 is 0. The molecule has 5 rings (SSSR count). The van der Waals surface area contributed by atoms with Crippen molar-refractivity contribution in [3.63, 3.8) is 0 Å². The Morgan fingerprint density at radius 3 is 1.96 bits per heavy atom. The first-order chi connectivity index (χ1) is 23.2. The van der Waals surface area contributed by atoms with Crippen molar-refractivity contribution >= 4 is 40.2 Å². The summed E-state index contributed by atoms with van der Waals surface area (Å²) in [6.45, 7) is 2.19. The second-order valence-corrected chi connectivity index (χ2v) is 12.4. The highest BCUT2D eigenvalue weighted by molar-refractivity contribution is 6.30. The summed E-state index contributed by atoms with van der Waals surface area (Å²) in [5.41, 5.74) is 4.71. The van der Waals surface area contributed by atoms with E-state index < -0.39 is 42.6 Å². The van der Waals surface area contributed by atoms with Gasteiger partial charge in [0.2, 0.25) is 5.91 Å². The van der Waals surface area contributed by atoms with Gasteiger partial charge in [0.1, 0.15) is 0 Å². The van der Waals surface area contributed by atoms with E-state index >= 15 is 0 Å². The van der Waals surface area contributed by atoms with Gasteiger partial charge >= 0.3 is 11.9 Å².